The van der Waals surface area contributed by atoms with Gasteiger partial charge in [0.2, 0.25) is 0 Å². The van der Waals surface area contributed by atoms with E-state index >= 15 is 0 Å². The molecule has 1 unspecified atom stereocenters. The second-order valence-corrected chi connectivity index (χ2v) is 14.7. The Morgan fingerprint density at radius 3 is 1.42 bits per heavy atom. The Balaban J connectivity index is 1.97. The highest BCUT2D eigenvalue weighted by Crippen LogP contribution is 2.41. The smallest absolute Gasteiger partial charge is 0.0839 e. The zero-order valence-electron chi connectivity index (χ0n) is 30.3. The molecule has 0 aromatic carbocycles. The Kier molecular flexibility index (Phi) is 15.8. The van der Waals surface area contributed by atoms with Gasteiger partial charge in [-0.05, 0) is 115 Å². The first-order chi connectivity index (χ1) is 21.2. The lowest BCUT2D eigenvalue weighted by Crippen LogP contribution is -2.21. The largest absolute Gasteiger partial charge is 0.394 e. The fourth-order valence-electron chi connectivity index (χ4n) is 6.47. The summed E-state index contributed by atoms with van der Waals surface area (Å²) in [5.41, 5.74) is 11.2. The van der Waals surface area contributed by atoms with Crippen LogP contribution < -0.4 is 0 Å². The van der Waals surface area contributed by atoms with Crippen molar-refractivity contribution in [2.24, 2.45) is 10.8 Å². The van der Waals surface area contributed by atoms with Crippen molar-refractivity contribution in [3.63, 3.8) is 0 Å². The SMILES string of the molecule is CC(C=CC1=C(C)CCCC1(C)C)=CC=CC(C)=CC[C](CC=C(C)C=CC=C(C)C=CC1=C(C)CCCC1(C)C)C(O)CO. The van der Waals surface area contributed by atoms with Crippen molar-refractivity contribution < 1.29 is 10.2 Å². The van der Waals surface area contributed by atoms with Crippen molar-refractivity contribution in [3.8, 4) is 0 Å². The minimum Gasteiger partial charge on any atom is -0.394 e. The van der Waals surface area contributed by atoms with Crippen molar-refractivity contribution >= 4 is 0 Å². The van der Waals surface area contributed by atoms with Crippen LogP contribution in [0, 0.1) is 16.7 Å². The first kappa shape index (κ1) is 38.5. The molecule has 2 aliphatic carbocycles. The van der Waals surface area contributed by atoms with Gasteiger partial charge in [-0.15, -0.1) is 0 Å². The third-order valence-electron chi connectivity index (χ3n) is 9.56. The van der Waals surface area contributed by atoms with Gasteiger partial charge in [0, 0.05) is 5.92 Å². The molecule has 2 nitrogen and oxygen atoms in total. The van der Waals surface area contributed by atoms with E-state index in [-0.39, 0.29) is 17.4 Å². The van der Waals surface area contributed by atoms with E-state index < -0.39 is 6.10 Å². The van der Waals surface area contributed by atoms with Crippen molar-refractivity contribution in [1.82, 2.24) is 0 Å². The Bertz CT molecular complexity index is 1200. The van der Waals surface area contributed by atoms with Crippen LogP contribution in [-0.4, -0.2) is 22.9 Å². The van der Waals surface area contributed by atoms with E-state index in [1.54, 1.807) is 0 Å². The molecule has 0 heterocycles. The molecule has 2 aliphatic rings. The minimum absolute atomic E-state index is 0.253. The van der Waals surface area contributed by atoms with E-state index in [4.69, 9.17) is 0 Å². The second kappa shape index (κ2) is 18.5. The van der Waals surface area contributed by atoms with Gasteiger partial charge >= 0.3 is 0 Å². The van der Waals surface area contributed by atoms with Gasteiger partial charge in [0.1, 0.15) is 0 Å². The molecule has 45 heavy (non-hydrogen) atoms. The lowest BCUT2D eigenvalue weighted by Gasteiger charge is -2.33. The van der Waals surface area contributed by atoms with E-state index in [1.165, 1.54) is 72.0 Å². The van der Waals surface area contributed by atoms with E-state index in [9.17, 15) is 10.2 Å². The molecular formula is C43H63O2. The first-order valence-corrected chi connectivity index (χ1v) is 17.1. The van der Waals surface area contributed by atoms with Gasteiger partial charge in [-0.25, -0.2) is 0 Å². The van der Waals surface area contributed by atoms with Gasteiger partial charge in [0.05, 0.1) is 12.7 Å². The number of aliphatic hydroxyl groups excluding tert-OH is 2. The van der Waals surface area contributed by atoms with Crippen LogP contribution in [0.25, 0.3) is 0 Å². The first-order valence-electron chi connectivity index (χ1n) is 17.1. The van der Waals surface area contributed by atoms with Gasteiger partial charge in [-0.2, -0.15) is 0 Å². The number of aliphatic hydroxyl groups is 2. The lowest BCUT2D eigenvalue weighted by molar-refractivity contribution is 0.102. The normalized spacial score (nSPS) is 21.5. The summed E-state index contributed by atoms with van der Waals surface area (Å²) in [5, 5.41) is 20.1. The maximum absolute atomic E-state index is 10.5. The summed E-state index contributed by atoms with van der Waals surface area (Å²) < 4.78 is 0. The number of rotatable bonds is 14. The molecule has 0 fully saturated rings. The van der Waals surface area contributed by atoms with Crippen LogP contribution in [0.3, 0.4) is 0 Å². The van der Waals surface area contributed by atoms with Crippen molar-refractivity contribution in [3.05, 3.63) is 123 Å². The zero-order chi connectivity index (χ0) is 33.6. The zero-order valence-corrected chi connectivity index (χ0v) is 30.3. The number of hydrogen-bond acceptors (Lipinski definition) is 2. The van der Waals surface area contributed by atoms with E-state index in [0.29, 0.717) is 12.8 Å². The third-order valence-corrected chi connectivity index (χ3v) is 9.56. The van der Waals surface area contributed by atoms with E-state index in [1.807, 2.05) is 0 Å². The fraction of sp³-hybridized carbons (Fsp3) is 0.512. The molecule has 1 radical (unpaired) electrons. The van der Waals surface area contributed by atoms with Gasteiger partial charge in [-0.3, -0.25) is 0 Å². The maximum atomic E-state index is 10.5. The van der Waals surface area contributed by atoms with Gasteiger partial charge in [0.15, 0.2) is 0 Å². The molecule has 2 N–H and O–H groups in total. The summed E-state index contributed by atoms with van der Waals surface area (Å²) >= 11 is 0. The summed E-state index contributed by atoms with van der Waals surface area (Å²) in [6.45, 7) is 22.1. The van der Waals surface area contributed by atoms with Crippen LogP contribution in [0.1, 0.15) is 121 Å². The Morgan fingerprint density at radius 1 is 0.667 bits per heavy atom. The predicted octanol–water partition coefficient (Wildman–Crippen LogP) is 11.8. The summed E-state index contributed by atoms with van der Waals surface area (Å²) in [6, 6.07) is 0. The molecule has 247 valence electrons. The fourth-order valence-corrected chi connectivity index (χ4v) is 6.47. The molecule has 0 aromatic rings. The van der Waals surface area contributed by atoms with Crippen molar-refractivity contribution in [2.45, 2.75) is 127 Å². The topological polar surface area (TPSA) is 40.5 Å². The summed E-state index contributed by atoms with van der Waals surface area (Å²) in [5.74, 6) is 0.916. The molecule has 1 atom stereocenters. The highest BCUT2D eigenvalue weighted by molar-refractivity contribution is 5.38. The molecule has 0 spiro atoms. The van der Waals surface area contributed by atoms with Crippen LogP contribution >= 0.6 is 0 Å². The number of allylic oxidation sites excluding steroid dienone is 20. The molecule has 0 aromatic heterocycles. The maximum Gasteiger partial charge on any atom is 0.0839 e. The quantitative estimate of drug-likeness (QED) is 0.192. The van der Waals surface area contributed by atoms with Gasteiger partial charge in [0.25, 0.3) is 0 Å². The standard InChI is InChI=1S/C43H63O2/c1-32(15-11-17-34(3)23-27-39-36(5)19-13-29-42(39,7)8)21-25-38(41(45)31-44)26-22-33(2)16-12-18-35(4)24-28-40-37(6)20-14-30-43(40,9)10/h11-12,15-18,21-24,27-28,41,44-45H,13-14,19-20,25-26,29-31H2,1-10H3. The molecule has 0 saturated carbocycles. The molecule has 0 aliphatic heterocycles. The molecule has 0 bridgehead atoms. The van der Waals surface area contributed by atoms with Gasteiger partial charge < -0.3 is 10.2 Å². The van der Waals surface area contributed by atoms with Crippen LogP contribution in [0.5, 0.6) is 0 Å². The Hall–Kier alpha value is -2.68. The van der Waals surface area contributed by atoms with Crippen molar-refractivity contribution in [1.29, 1.82) is 0 Å². The Labute approximate surface area is 277 Å². The number of hydrogen-bond donors (Lipinski definition) is 2. The molecular weight excluding hydrogens is 548 g/mol. The van der Waals surface area contributed by atoms with E-state index in [2.05, 4.69) is 142 Å². The van der Waals surface area contributed by atoms with Crippen LogP contribution in [0.15, 0.2) is 117 Å². The molecule has 2 rings (SSSR count). The van der Waals surface area contributed by atoms with Crippen LogP contribution in [-0.2, 0) is 0 Å². The second-order valence-electron chi connectivity index (χ2n) is 14.7. The summed E-state index contributed by atoms with van der Waals surface area (Å²) in [6.07, 6.45) is 33.9. The van der Waals surface area contributed by atoms with Crippen LogP contribution in [0.4, 0.5) is 0 Å². The van der Waals surface area contributed by atoms with Crippen molar-refractivity contribution in [2.75, 3.05) is 6.61 Å². The van der Waals surface area contributed by atoms with E-state index in [0.717, 1.165) is 17.1 Å². The monoisotopic (exact) mass is 611 g/mol. The Morgan fingerprint density at radius 2 is 1.07 bits per heavy atom. The third kappa shape index (κ3) is 13.3. The summed E-state index contributed by atoms with van der Waals surface area (Å²) in [4.78, 5) is 0. The average Bonchev–Trinajstić information content (AvgIpc) is 2.95. The molecule has 0 amide bonds. The highest BCUT2D eigenvalue weighted by Gasteiger charge is 2.27. The molecule has 0 saturated heterocycles. The lowest BCUT2D eigenvalue weighted by atomic mass is 9.72. The summed E-state index contributed by atoms with van der Waals surface area (Å²) in [7, 11) is 0. The highest BCUT2D eigenvalue weighted by atomic mass is 16.3. The molecule has 2 heteroatoms. The average molecular weight is 612 g/mol. The predicted molar refractivity (Wildman–Crippen MR) is 198 cm³/mol. The van der Waals surface area contributed by atoms with Crippen LogP contribution in [0.2, 0.25) is 0 Å². The van der Waals surface area contributed by atoms with Gasteiger partial charge in [-0.1, -0.05) is 134 Å². The minimum atomic E-state index is -0.825.